The number of nitro groups is 1. The number of nitro benzene ring substituents is 1. The molecule has 0 saturated heterocycles. The number of phenols is 2. The van der Waals surface area contributed by atoms with Gasteiger partial charge >= 0.3 is 5.69 Å². The van der Waals surface area contributed by atoms with Gasteiger partial charge in [0.05, 0.1) is 16.1 Å². The number of hydrogen-bond acceptors (Lipinski definition) is 9. The van der Waals surface area contributed by atoms with Crippen LogP contribution in [0.25, 0.3) is 22.3 Å². The number of rotatable bonds is 4. The molecule has 0 atom stereocenters. The predicted molar refractivity (Wildman–Crippen MR) is 91.0 cm³/mol. The Kier molecular flexibility index (Phi) is 4.23. The fourth-order valence-electron chi connectivity index (χ4n) is 2.70. The molecule has 7 N–H and O–H groups in total. The number of phenolic OH excluding ortho intramolecular Hbond substituents is 2. The molecule has 0 radical (unpaired) electrons. The number of nitrogens with zero attached hydrogens (tertiary/aromatic N) is 2. The van der Waals surface area contributed by atoms with Gasteiger partial charge in [-0.1, -0.05) is 6.07 Å². The molecule has 1 aromatic heterocycles. The van der Waals surface area contributed by atoms with Crippen molar-refractivity contribution in [2.24, 2.45) is 0 Å². The van der Waals surface area contributed by atoms with E-state index in [1.54, 1.807) is 0 Å². The molecular formula is C16H13N3O8. The van der Waals surface area contributed by atoms with Gasteiger partial charge in [0, 0.05) is 6.07 Å². The van der Waals surface area contributed by atoms with Gasteiger partial charge in [-0.15, -0.1) is 5.23 Å². The molecule has 0 aliphatic carbocycles. The average molecular weight is 375 g/mol. The van der Waals surface area contributed by atoms with Crippen molar-refractivity contribution in [1.29, 1.82) is 0 Å². The van der Waals surface area contributed by atoms with E-state index in [4.69, 9.17) is 0 Å². The van der Waals surface area contributed by atoms with E-state index in [2.05, 4.69) is 4.98 Å². The van der Waals surface area contributed by atoms with Gasteiger partial charge in [-0.25, -0.2) is 0 Å². The Balaban J connectivity index is 2.26. The minimum atomic E-state index is -0.809. The summed E-state index contributed by atoms with van der Waals surface area (Å²) < 4.78 is 0. The number of aromatic nitrogens is 1. The molecule has 1 heterocycles. The summed E-state index contributed by atoms with van der Waals surface area (Å²) in [5.41, 5.74) is -0.819. The first-order valence-corrected chi connectivity index (χ1v) is 7.33. The smallest absolute Gasteiger partial charge is 0.311 e. The van der Waals surface area contributed by atoms with Crippen LogP contribution in [0.5, 0.6) is 23.3 Å². The summed E-state index contributed by atoms with van der Waals surface area (Å²) in [5, 5.41) is 68.6. The van der Waals surface area contributed by atoms with Crippen LogP contribution in [0.15, 0.2) is 36.4 Å². The summed E-state index contributed by atoms with van der Waals surface area (Å²) >= 11 is 0. The van der Waals surface area contributed by atoms with Crippen LogP contribution < -0.4 is 5.23 Å². The number of H-pyrrole nitrogens is 1. The first-order valence-electron chi connectivity index (χ1n) is 7.33. The molecule has 0 fully saturated rings. The lowest BCUT2D eigenvalue weighted by Gasteiger charge is -2.12. The summed E-state index contributed by atoms with van der Waals surface area (Å²) in [6, 6.07) is 6.91. The van der Waals surface area contributed by atoms with Crippen molar-refractivity contribution in [2.75, 3.05) is 5.23 Å². The van der Waals surface area contributed by atoms with Gasteiger partial charge in [-0.3, -0.25) is 25.5 Å². The van der Waals surface area contributed by atoms with Crippen molar-refractivity contribution in [3.8, 4) is 45.5 Å². The highest BCUT2D eigenvalue weighted by molar-refractivity contribution is 5.92. The largest absolute Gasteiger partial charge is 0.506 e. The quantitative estimate of drug-likeness (QED) is 0.266. The topological polar surface area (TPSA) is 184 Å². The van der Waals surface area contributed by atoms with E-state index in [0.717, 1.165) is 24.3 Å². The van der Waals surface area contributed by atoms with Crippen molar-refractivity contribution in [2.45, 2.75) is 0 Å². The normalized spacial score (nSPS) is 10.7. The van der Waals surface area contributed by atoms with Gasteiger partial charge in [0.25, 0.3) is 0 Å². The Labute approximate surface area is 150 Å². The second-order valence-corrected chi connectivity index (χ2v) is 5.53. The molecule has 0 bridgehead atoms. The van der Waals surface area contributed by atoms with E-state index in [1.807, 2.05) is 0 Å². The standard InChI is InChI=1S/C16H13N3O8/c20-11-3-1-7(5-9(11)18(24)25)13-14(16(23)17-15(13)22)8-2-4-12(21)10(6-8)19(26)27/h1-6,17,20-25H. The van der Waals surface area contributed by atoms with E-state index in [0.29, 0.717) is 0 Å². The molecule has 140 valence electrons. The third kappa shape index (κ3) is 3.03. The minimum Gasteiger partial charge on any atom is -0.506 e. The van der Waals surface area contributed by atoms with Crippen molar-refractivity contribution in [1.82, 2.24) is 4.98 Å². The molecule has 3 aromatic rings. The van der Waals surface area contributed by atoms with Crippen LogP contribution in [0.1, 0.15) is 0 Å². The maximum Gasteiger partial charge on any atom is 0.311 e. The van der Waals surface area contributed by atoms with Crippen LogP contribution in [-0.4, -0.2) is 40.7 Å². The first-order chi connectivity index (χ1) is 12.7. The number of aromatic amines is 1. The van der Waals surface area contributed by atoms with Gasteiger partial charge in [-0.2, -0.15) is 0 Å². The molecule has 3 rings (SSSR count). The zero-order chi connectivity index (χ0) is 19.9. The van der Waals surface area contributed by atoms with Gasteiger partial charge in [0.1, 0.15) is 11.4 Å². The number of anilines is 1. The van der Waals surface area contributed by atoms with E-state index in [-0.39, 0.29) is 27.5 Å². The molecule has 0 saturated carbocycles. The predicted octanol–water partition coefficient (Wildman–Crippen LogP) is 2.66. The molecule has 0 aliphatic heterocycles. The molecule has 27 heavy (non-hydrogen) atoms. The fraction of sp³-hybridized carbons (Fsp3) is 0. The maximum absolute atomic E-state index is 11.0. The fourth-order valence-corrected chi connectivity index (χ4v) is 2.70. The molecule has 0 amide bonds. The molecule has 11 nitrogen and oxygen atoms in total. The van der Waals surface area contributed by atoms with Crippen LogP contribution in [-0.2, 0) is 0 Å². The van der Waals surface area contributed by atoms with Gasteiger partial charge in [0.15, 0.2) is 17.5 Å². The van der Waals surface area contributed by atoms with Crippen molar-refractivity contribution < 1.29 is 35.8 Å². The van der Waals surface area contributed by atoms with E-state index < -0.39 is 39.6 Å². The number of nitrogens with one attached hydrogen (secondary N) is 1. The van der Waals surface area contributed by atoms with Crippen molar-refractivity contribution in [3.63, 3.8) is 0 Å². The maximum atomic E-state index is 11.0. The summed E-state index contributed by atoms with van der Waals surface area (Å²) in [6.45, 7) is 0. The molecule has 0 aliphatic rings. The SMILES string of the molecule is O=[N+]([O-])c1cc(-c2c(O)[nH]c(O)c2-c2ccc(O)c(N(O)O)c2)ccc1O. The number of hydrogen-bond donors (Lipinski definition) is 7. The van der Waals surface area contributed by atoms with Crippen LogP contribution in [0, 0.1) is 10.1 Å². The first kappa shape index (κ1) is 17.8. The third-order valence-electron chi connectivity index (χ3n) is 3.90. The van der Waals surface area contributed by atoms with Gasteiger partial charge in [0.2, 0.25) is 0 Å². The van der Waals surface area contributed by atoms with Crippen molar-refractivity contribution in [3.05, 3.63) is 46.5 Å². The Morgan fingerprint density at radius 1 is 0.852 bits per heavy atom. The molecule has 0 spiro atoms. The molecule has 11 heteroatoms. The molecular weight excluding hydrogens is 362 g/mol. The average Bonchev–Trinajstić information content (AvgIpc) is 2.89. The van der Waals surface area contributed by atoms with E-state index in [1.165, 1.54) is 12.1 Å². The van der Waals surface area contributed by atoms with Crippen LogP contribution in [0.3, 0.4) is 0 Å². The summed E-state index contributed by atoms with van der Waals surface area (Å²) in [4.78, 5) is 12.5. The van der Waals surface area contributed by atoms with Crippen molar-refractivity contribution >= 4 is 11.4 Å². The van der Waals surface area contributed by atoms with E-state index in [9.17, 15) is 41.0 Å². The Morgan fingerprint density at radius 3 is 1.89 bits per heavy atom. The third-order valence-corrected chi connectivity index (χ3v) is 3.90. The number of benzene rings is 2. The minimum absolute atomic E-state index is 0.0180. The summed E-state index contributed by atoms with van der Waals surface area (Å²) in [6.07, 6.45) is 0. The summed E-state index contributed by atoms with van der Waals surface area (Å²) in [5.74, 6) is -2.06. The summed E-state index contributed by atoms with van der Waals surface area (Å²) in [7, 11) is 0. The monoisotopic (exact) mass is 375 g/mol. The van der Waals surface area contributed by atoms with Crippen LogP contribution in [0.4, 0.5) is 11.4 Å². The number of aromatic hydroxyl groups is 4. The van der Waals surface area contributed by atoms with Crippen LogP contribution in [0.2, 0.25) is 0 Å². The Hall–Kier alpha value is -3.96. The second kappa shape index (κ2) is 6.40. The highest BCUT2D eigenvalue weighted by Gasteiger charge is 2.24. The van der Waals surface area contributed by atoms with Gasteiger partial charge < -0.3 is 20.4 Å². The Morgan fingerprint density at radius 2 is 1.37 bits per heavy atom. The lowest BCUT2D eigenvalue weighted by atomic mass is 9.97. The highest BCUT2D eigenvalue weighted by Crippen LogP contribution is 2.47. The second-order valence-electron chi connectivity index (χ2n) is 5.53. The van der Waals surface area contributed by atoms with E-state index >= 15 is 0 Å². The zero-order valence-corrected chi connectivity index (χ0v) is 13.4. The zero-order valence-electron chi connectivity index (χ0n) is 13.4. The molecule has 2 aromatic carbocycles. The van der Waals surface area contributed by atoms with Gasteiger partial charge in [-0.05, 0) is 35.4 Å². The lowest BCUT2D eigenvalue weighted by Crippen LogP contribution is -2.11. The Bertz CT molecular complexity index is 1040. The lowest BCUT2D eigenvalue weighted by molar-refractivity contribution is -0.385. The highest BCUT2D eigenvalue weighted by atomic mass is 16.8. The van der Waals surface area contributed by atoms with Crippen LogP contribution >= 0.6 is 0 Å². The molecule has 0 unspecified atom stereocenters.